The summed E-state index contributed by atoms with van der Waals surface area (Å²) >= 11 is 0. The van der Waals surface area contributed by atoms with E-state index in [-0.39, 0.29) is 11.6 Å². The number of hydrogen-bond acceptors (Lipinski definition) is 3. The molecule has 3 rings (SSSR count). The van der Waals surface area contributed by atoms with E-state index in [0.717, 1.165) is 11.4 Å². The smallest absolute Gasteiger partial charge is 0.291 e. The Morgan fingerprint density at radius 3 is 2.25 bits per heavy atom. The van der Waals surface area contributed by atoms with E-state index in [2.05, 4.69) is 15.0 Å². The third kappa shape index (κ3) is 2.07. The minimum atomic E-state index is -0.402. The lowest BCUT2D eigenvalue weighted by Crippen LogP contribution is -2.07. The minimum Gasteiger partial charge on any atom is -0.364 e. The quantitative estimate of drug-likeness (QED) is 0.563. The average Bonchev–Trinajstić information content (AvgIpc) is 3.13. The molecular weight excluding hydrogens is 256 g/mol. The summed E-state index contributed by atoms with van der Waals surface area (Å²) in [6, 6.07) is 9.26. The fourth-order valence-electron chi connectivity index (χ4n) is 2.34. The average molecular weight is 268 g/mol. The van der Waals surface area contributed by atoms with Crippen molar-refractivity contribution < 1.29 is 4.92 Å². The second-order valence-corrected chi connectivity index (χ2v) is 4.38. The van der Waals surface area contributed by atoms with Crippen molar-refractivity contribution in [1.82, 2.24) is 15.0 Å². The van der Waals surface area contributed by atoms with Crippen LogP contribution < -0.4 is 0 Å². The molecule has 3 aromatic rings. The SMILES string of the molecule is O=[N+]([O-])c1cnccc1C(c1ccc[nH]1)c1ccc[nH]1. The lowest BCUT2D eigenvalue weighted by Gasteiger charge is -2.15. The lowest BCUT2D eigenvalue weighted by molar-refractivity contribution is -0.385. The number of rotatable bonds is 4. The second-order valence-electron chi connectivity index (χ2n) is 4.38. The van der Waals surface area contributed by atoms with Crippen LogP contribution in [0.5, 0.6) is 0 Å². The van der Waals surface area contributed by atoms with Gasteiger partial charge in [-0.25, -0.2) is 0 Å². The maximum absolute atomic E-state index is 11.2. The number of nitro groups is 1. The number of nitrogens with zero attached hydrogens (tertiary/aromatic N) is 2. The molecule has 0 aliphatic carbocycles. The van der Waals surface area contributed by atoms with E-state index in [1.54, 1.807) is 24.7 Å². The molecule has 0 radical (unpaired) electrons. The summed E-state index contributed by atoms with van der Waals surface area (Å²) in [6.07, 6.45) is 6.46. The van der Waals surface area contributed by atoms with Gasteiger partial charge in [-0.05, 0) is 30.3 Å². The monoisotopic (exact) mass is 268 g/mol. The van der Waals surface area contributed by atoms with E-state index in [4.69, 9.17) is 0 Å². The summed E-state index contributed by atoms with van der Waals surface area (Å²) in [7, 11) is 0. The second kappa shape index (κ2) is 5.00. The van der Waals surface area contributed by atoms with E-state index in [1.807, 2.05) is 24.3 Å². The fraction of sp³-hybridized carbons (Fsp3) is 0.0714. The van der Waals surface area contributed by atoms with Gasteiger partial charge in [0.25, 0.3) is 5.69 Å². The summed E-state index contributed by atoms with van der Waals surface area (Å²) in [5.74, 6) is -0.247. The van der Waals surface area contributed by atoms with Crippen molar-refractivity contribution in [3.63, 3.8) is 0 Å². The number of aromatic nitrogens is 3. The Labute approximate surface area is 114 Å². The Balaban J connectivity index is 2.19. The molecule has 3 aromatic heterocycles. The summed E-state index contributed by atoms with van der Waals surface area (Å²) in [6.45, 7) is 0. The summed E-state index contributed by atoms with van der Waals surface area (Å²) in [5, 5.41) is 11.2. The Bertz CT molecular complexity index is 670. The Hall–Kier alpha value is -2.89. The highest BCUT2D eigenvalue weighted by Gasteiger charge is 2.26. The Morgan fingerprint density at radius 1 is 1.10 bits per heavy atom. The first-order valence-electron chi connectivity index (χ1n) is 6.12. The van der Waals surface area contributed by atoms with Crippen molar-refractivity contribution in [1.29, 1.82) is 0 Å². The Morgan fingerprint density at radius 2 is 1.75 bits per heavy atom. The molecule has 0 atom stereocenters. The molecule has 0 saturated carbocycles. The van der Waals surface area contributed by atoms with Crippen LogP contribution in [0.4, 0.5) is 5.69 Å². The van der Waals surface area contributed by atoms with Gasteiger partial charge in [0.2, 0.25) is 0 Å². The molecule has 0 spiro atoms. The molecule has 6 heteroatoms. The highest BCUT2D eigenvalue weighted by molar-refractivity contribution is 5.48. The maximum atomic E-state index is 11.2. The normalized spacial score (nSPS) is 10.8. The number of H-pyrrole nitrogens is 2. The highest BCUT2D eigenvalue weighted by Crippen LogP contribution is 2.34. The van der Waals surface area contributed by atoms with Crippen molar-refractivity contribution in [2.75, 3.05) is 0 Å². The number of aromatic amines is 2. The Kier molecular flexibility index (Phi) is 3.04. The van der Waals surface area contributed by atoms with Gasteiger partial charge in [-0.3, -0.25) is 15.1 Å². The van der Waals surface area contributed by atoms with Gasteiger partial charge in [0.1, 0.15) is 6.20 Å². The third-order valence-electron chi connectivity index (χ3n) is 3.21. The van der Waals surface area contributed by atoms with Crippen molar-refractivity contribution in [3.8, 4) is 0 Å². The molecule has 0 saturated heterocycles. The van der Waals surface area contributed by atoms with Crippen LogP contribution in [-0.4, -0.2) is 19.9 Å². The fourth-order valence-corrected chi connectivity index (χ4v) is 2.34. The van der Waals surface area contributed by atoms with E-state index < -0.39 is 4.92 Å². The third-order valence-corrected chi connectivity index (χ3v) is 3.21. The molecule has 6 nitrogen and oxygen atoms in total. The summed E-state index contributed by atoms with van der Waals surface area (Å²) < 4.78 is 0. The van der Waals surface area contributed by atoms with Crippen LogP contribution in [0.3, 0.4) is 0 Å². The molecule has 100 valence electrons. The van der Waals surface area contributed by atoms with Gasteiger partial charge in [0.05, 0.1) is 10.8 Å². The van der Waals surface area contributed by atoms with E-state index >= 15 is 0 Å². The molecule has 20 heavy (non-hydrogen) atoms. The van der Waals surface area contributed by atoms with E-state index in [0.29, 0.717) is 5.56 Å². The largest absolute Gasteiger partial charge is 0.364 e. The number of nitrogens with one attached hydrogen (secondary N) is 2. The molecule has 2 N–H and O–H groups in total. The molecule has 0 aliphatic heterocycles. The zero-order chi connectivity index (χ0) is 13.9. The highest BCUT2D eigenvalue weighted by atomic mass is 16.6. The van der Waals surface area contributed by atoms with Crippen molar-refractivity contribution in [3.05, 3.63) is 82.2 Å². The van der Waals surface area contributed by atoms with Crippen LogP contribution >= 0.6 is 0 Å². The molecule has 0 aliphatic rings. The zero-order valence-electron chi connectivity index (χ0n) is 10.5. The van der Waals surface area contributed by atoms with Crippen molar-refractivity contribution in [2.24, 2.45) is 0 Å². The first-order valence-corrected chi connectivity index (χ1v) is 6.12. The number of hydrogen-bond donors (Lipinski definition) is 2. The predicted octanol–water partition coefficient (Wildman–Crippen LogP) is 2.83. The van der Waals surface area contributed by atoms with Crippen LogP contribution in [0.15, 0.2) is 55.1 Å². The lowest BCUT2D eigenvalue weighted by atomic mass is 9.92. The van der Waals surface area contributed by atoms with Crippen LogP contribution in [0.1, 0.15) is 22.9 Å². The summed E-state index contributed by atoms with van der Waals surface area (Å²) in [4.78, 5) is 20.9. The maximum Gasteiger partial charge on any atom is 0.291 e. The van der Waals surface area contributed by atoms with Gasteiger partial charge in [-0.1, -0.05) is 0 Å². The molecule has 3 heterocycles. The predicted molar refractivity (Wildman–Crippen MR) is 73.4 cm³/mol. The van der Waals surface area contributed by atoms with Crippen LogP contribution in [0, 0.1) is 10.1 Å². The van der Waals surface area contributed by atoms with E-state index in [9.17, 15) is 10.1 Å². The molecule has 0 fully saturated rings. The summed E-state index contributed by atoms with van der Waals surface area (Å²) in [5.41, 5.74) is 2.40. The van der Waals surface area contributed by atoms with Gasteiger partial charge in [0, 0.05) is 35.5 Å². The van der Waals surface area contributed by atoms with Crippen LogP contribution in [0.2, 0.25) is 0 Å². The first-order chi connectivity index (χ1) is 9.77. The molecule has 0 unspecified atom stereocenters. The van der Waals surface area contributed by atoms with Gasteiger partial charge in [0.15, 0.2) is 0 Å². The van der Waals surface area contributed by atoms with Gasteiger partial charge >= 0.3 is 0 Å². The molecule has 0 aromatic carbocycles. The molecule has 0 amide bonds. The van der Waals surface area contributed by atoms with E-state index in [1.165, 1.54) is 6.20 Å². The standard InChI is InChI=1S/C14H12N4O2/c19-18(20)13-9-15-8-5-10(13)14(11-3-1-6-16-11)12-4-2-7-17-12/h1-9,14,16-17H. The van der Waals surface area contributed by atoms with Gasteiger partial charge in [-0.2, -0.15) is 0 Å². The minimum absolute atomic E-state index is 0.0155. The van der Waals surface area contributed by atoms with Gasteiger partial charge < -0.3 is 9.97 Å². The van der Waals surface area contributed by atoms with Gasteiger partial charge in [-0.15, -0.1) is 0 Å². The zero-order valence-corrected chi connectivity index (χ0v) is 10.5. The van der Waals surface area contributed by atoms with Crippen LogP contribution in [-0.2, 0) is 0 Å². The molecule has 0 bridgehead atoms. The first kappa shape index (κ1) is 12.2. The molecular formula is C14H12N4O2. The van der Waals surface area contributed by atoms with Crippen molar-refractivity contribution in [2.45, 2.75) is 5.92 Å². The van der Waals surface area contributed by atoms with Crippen molar-refractivity contribution >= 4 is 5.69 Å². The number of pyridine rings is 1. The topological polar surface area (TPSA) is 87.6 Å². The van der Waals surface area contributed by atoms with Crippen LogP contribution in [0.25, 0.3) is 0 Å².